The highest BCUT2D eigenvalue weighted by Crippen LogP contribution is 1.96. The summed E-state index contributed by atoms with van der Waals surface area (Å²) in [5, 5.41) is 12.3. The van der Waals surface area contributed by atoms with E-state index in [2.05, 4.69) is 5.10 Å². The van der Waals surface area contributed by atoms with Gasteiger partial charge in [-0.2, -0.15) is 5.10 Å². The van der Waals surface area contributed by atoms with Crippen LogP contribution < -0.4 is 5.73 Å². The maximum Gasteiger partial charge on any atom is 0.305 e. The molecule has 0 radical (unpaired) electrons. The molecule has 5 nitrogen and oxygen atoms in total. The lowest BCUT2D eigenvalue weighted by molar-refractivity contribution is -0.137. The van der Waals surface area contributed by atoms with E-state index in [1.165, 1.54) is 0 Å². The number of aromatic nitrogens is 2. The van der Waals surface area contributed by atoms with Crippen LogP contribution in [0.3, 0.4) is 0 Å². The molecule has 0 unspecified atom stereocenters. The molecule has 0 spiro atoms. The van der Waals surface area contributed by atoms with Crippen LogP contribution >= 0.6 is 0 Å². The quantitative estimate of drug-likeness (QED) is 0.655. The molecule has 1 rings (SSSR count). The third-order valence-corrected chi connectivity index (χ3v) is 1.48. The van der Waals surface area contributed by atoms with Crippen molar-refractivity contribution in [2.24, 2.45) is 5.73 Å². The average Bonchev–Trinajstić information content (AvgIpc) is 2.48. The van der Waals surface area contributed by atoms with Gasteiger partial charge in [0.05, 0.1) is 19.2 Å². The summed E-state index contributed by atoms with van der Waals surface area (Å²) in [6.07, 6.45) is 3.48. The van der Waals surface area contributed by atoms with Crippen LogP contribution in [0.2, 0.25) is 0 Å². The first kappa shape index (κ1) is 8.73. The Morgan fingerprint density at radius 2 is 2.50 bits per heavy atom. The highest BCUT2D eigenvalue weighted by Gasteiger charge is 1.99. The van der Waals surface area contributed by atoms with Crippen molar-refractivity contribution in [2.45, 2.75) is 19.5 Å². The van der Waals surface area contributed by atoms with Gasteiger partial charge in [-0.1, -0.05) is 0 Å². The summed E-state index contributed by atoms with van der Waals surface area (Å²) in [6.45, 7) is 0.836. The first-order chi connectivity index (χ1) is 5.72. The van der Waals surface area contributed by atoms with E-state index in [1.807, 2.05) is 0 Å². The van der Waals surface area contributed by atoms with Gasteiger partial charge in [0.1, 0.15) is 0 Å². The number of hydrogen-bond donors (Lipinski definition) is 2. The zero-order chi connectivity index (χ0) is 8.97. The molecule has 12 heavy (non-hydrogen) atoms. The number of carboxylic acids is 1. The number of aryl methyl sites for hydroxylation is 1. The molecule has 0 saturated carbocycles. The number of aliphatic carboxylic acids is 1. The molecule has 1 heterocycles. The van der Waals surface area contributed by atoms with Gasteiger partial charge < -0.3 is 10.8 Å². The summed E-state index contributed by atoms with van der Waals surface area (Å²) in [5.74, 6) is -0.820. The van der Waals surface area contributed by atoms with Gasteiger partial charge in [0.25, 0.3) is 0 Å². The lowest BCUT2D eigenvalue weighted by atomic mass is 10.4. The van der Waals surface area contributed by atoms with Gasteiger partial charge in [-0.25, -0.2) is 0 Å². The van der Waals surface area contributed by atoms with Gasteiger partial charge in [0, 0.05) is 18.3 Å². The van der Waals surface area contributed by atoms with Crippen LogP contribution in [0.1, 0.15) is 12.0 Å². The smallest absolute Gasteiger partial charge is 0.305 e. The zero-order valence-electron chi connectivity index (χ0n) is 6.60. The second-order valence-corrected chi connectivity index (χ2v) is 2.46. The fourth-order valence-electron chi connectivity index (χ4n) is 0.844. The van der Waals surface area contributed by atoms with E-state index in [1.54, 1.807) is 17.1 Å². The lowest BCUT2D eigenvalue weighted by Gasteiger charge is -1.95. The van der Waals surface area contributed by atoms with E-state index < -0.39 is 5.97 Å². The molecule has 1 aromatic rings. The van der Waals surface area contributed by atoms with Gasteiger partial charge in [-0.3, -0.25) is 9.48 Å². The van der Waals surface area contributed by atoms with Crippen molar-refractivity contribution in [3.63, 3.8) is 0 Å². The Balaban J connectivity index is 2.47. The number of nitrogens with two attached hydrogens (primary N) is 1. The molecule has 1 aromatic heterocycles. The molecule has 5 heteroatoms. The summed E-state index contributed by atoms with van der Waals surface area (Å²) < 4.78 is 1.58. The first-order valence-electron chi connectivity index (χ1n) is 3.65. The number of carbonyl (C=O) groups is 1. The van der Waals surface area contributed by atoms with E-state index in [4.69, 9.17) is 10.8 Å². The molecule has 0 aliphatic rings. The number of rotatable bonds is 4. The average molecular weight is 169 g/mol. The molecule has 0 saturated heterocycles. The van der Waals surface area contributed by atoms with Gasteiger partial charge in [-0.15, -0.1) is 0 Å². The Bertz CT molecular complexity index is 269. The second-order valence-electron chi connectivity index (χ2n) is 2.46. The van der Waals surface area contributed by atoms with E-state index in [9.17, 15) is 4.79 Å². The highest BCUT2D eigenvalue weighted by atomic mass is 16.4. The molecule has 0 amide bonds. The Kier molecular flexibility index (Phi) is 2.82. The largest absolute Gasteiger partial charge is 0.481 e. The Morgan fingerprint density at radius 1 is 1.75 bits per heavy atom. The van der Waals surface area contributed by atoms with E-state index in [-0.39, 0.29) is 6.42 Å². The van der Waals surface area contributed by atoms with Crippen molar-refractivity contribution in [3.8, 4) is 0 Å². The maximum absolute atomic E-state index is 10.2. The predicted molar refractivity (Wildman–Crippen MR) is 42.4 cm³/mol. The van der Waals surface area contributed by atoms with Crippen LogP contribution in [-0.4, -0.2) is 20.9 Å². The van der Waals surface area contributed by atoms with Gasteiger partial charge >= 0.3 is 5.97 Å². The topological polar surface area (TPSA) is 81.1 Å². The Hall–Kier alpha value is -1.36. The second kappa shape index (κ2) is 3.87. The van der Waals surface area contributed by atoms with E-state index >= 15 is 0 Å². The number of nitrogens with zero attached hydrogens (tertiary/aromatic N) is 2. The van der Waals surface area contributed by atoms with E-state index in [0.29, 0.717) is 13.1 Å². The minimum atomic E-state index is -0.820. The monoisotopic (exact) mass is 169 g/mol. The summed E-state index contributed by atoms with van der Waals surface area (Å²) in [6, 6.07) is 0. The minimum Gasteiger partial charge on any atom is -0.481 e. The fraction of sp³-hybridized carbons (Fsp3) is 0.429. The third kappa shape index (κ3) is 2.35. The lowest BCUT2D eigenvalue weighted by Crippen LogP contribution is -2.04. The molecule has 0 bridgehead atoms. The van der Waals surface area contributed by atoms with Crippen LogP contribution in [0.25, 0.3) is 0 Å². The Morgan fingerprint density at radius 3 is 3.00 bits per heavy atom. The normalized spacial score (nSPS) is 10.1. The van der Waals surface area contributed by atoms with Crippen LogP contribution in [-0.2, 0) is 17.9 Å². The van der Waals surface area contributed by atoms with Crippen molar-refractivity contribution in [1.82, 2.24) is 9.78 Å². The molecular formula is C7H11N3O2. The SMILES string of the molecule is NCc1cnn(CCC(=O)O)c1. The Labute approximate surface area is 69.8 Å². The molecule has 66 valence electrons. The third-order valence-electron chi connectivity index (χ3n) is 1.48. The van der Waals surface area contributed by atoms with Gasteiger partial charge in [0.15, 0.2) is 0 Å². The van der Waals surface area contributed by atoms with Crippen LogP contribution in [0.5, 0.6) is 0 Å². The molecule has 0 aromatic carbocycles. The molecule has 0 fully saturated rings. The molecule has 0 aliphatic heterocycles. The minimum absolute atomic E-state index is 0.0890. The van der Waals surface area contributed by atoms with E-state index in [0.717, 1.165) is 5.56 Å². The van der Waals surface area contributed by atoms with Gasteiger partial charge in [0.2, 0.25) is 0 Å². The van der Waals surface area contributed by atoms with Crippen LogP contribution in [0.15, 0.2) is 12.4 Å². The van der Waals surface area contributed by atoms with Crippen LogP contribution in [0, 0.1) is 0 Å². The van der Waals surface area contributed by atoms with Crippen LogP contribution in [0.4, 0.5) is 0 Å². The first-order valence-corrected chi connectivity index (χ1v) is 3.65. The fourth-order valence-corrected chi connectivity index (χ4v) is 0.844. The standard InChI is InChI=1S/C7H11N3O2/c8-3-6-4-9-10(5-6)2-1-7(11)12/h4-5H,1-3,8H2,(H,11,12). The van der Waals surface area contributed by atoms with Gasteiger partial charge in [-0.05, 0) is 0 Å². The summed E-state index contributed by atoms with van der Waals surface area (Å²) >= 11 is 0. The molecule has 0 atom stereocenters. The maximum atomic E-state index is 10.2. The number of hydrogen-bond acceptors (Lipinski definition) is 3. The van der Waals surface area contributed by atoms with Crippen molar-refractivity contribution in [1.29, 1.82) is 0 Å². The summed E-state index contributed by atoms with van der Waals surface area (Å²) in [7, 11) is 0. The summed E-state index contributed by atoms with van der Waals surface area (Å²) in [5.41, 5.74) is 6.27. The summed E-state index contributed by atoms with van der Waals surface area (Å²) in [4.78, 5) is 10.2. The number of carboxylic acid groups (broad SMARTS) is 1. The van der Waals surface area contributed by atoms with Crippen molar-refractivity contribution >= 4 is 5.97 Å². The molecule has 3 N–H and O–H groups in total. The van der Waals surface area contributed by atoms with Crippen molar-refractivity contribution < 1.29 is 9.90 Å². The predicted octanol–water partition coefficient (Wildman–Crippen LogP) is -0.184. The zero-order valence-corrected chi connectivity index (χ0v) is 6.60. The highest BCUT2D eigenvalue weighted by molar-refractivity contribution is 5.66. The molecule has 0 aliphatic carbocycles. The van der Waals surface area contributed by atoms with Crippen molar-refractivity contribution in [2.75, 3.05) is 0 Å². The molecular weight excluding hydrogens is 158 g/mol. The van der Waals surface area contributed by atoms with Crippen molar-refractivity contribution in [3.05, 3.63) is 18.0 Å².